The van der Waals surface area contributed by atoms with Crippen LogP contribution in [0, 0.1) is 18.6 Å². The van der Waals surface area contributed by atoms with Crippen LogP contribution in [0.1, 0.15) is 34.8 Å². The molecule has 0 spiro atoms. The molecule has 1 atom stereocenters. The molecule has 0 aliphatic rings. The van der Waals surface area contributed by atoms with Gasteiger partial charge in [-0.25, -0.2) is 13.8 Å². The Bertz CT molecular complexity index is 549. The molecule has 1 unspecified atom stereocenters. The molecule has 2 aromatic rings. The molecule has 2 nitrogen and oxygen atoms in total. The van der Waals surface area contributed by atoms with E-state index in [1.165, 1.54) is 18.2 Å². The van der Waals surface area contributed by atoms with Gasteiger partial charge in [0.05, 0.1) is 5.01 Å². The summed E-state index contributed by atoms with van der Waals surface area (Å²) in [6.07, 6.45) is 3.04. The first-order valence-corrected chi connectivity index (χ1v) is 7.52. The van der Waals surface area contributed by atoms with Crippen molar-refractivity contribution in [3.05, 3.63) is 51.5 Å². The standard InChI is InChI=1S/C15H18F2N2S/c1-3-7-18-14(15-9-19-10(2)20-15)8-11-12(16)5-4-6-13(11)17/h4-6,9,14,18H,3,7-8H2,1-2H3. The van der Waals surface area contributed by atoms with Crippen LogP contribution in [-0.4, -0.2) is 11.5 Å². The number of nitrogens with zero attached hydrogens (tertiary/aromatic N) is 1. The number of thiazole rings is 1. The maximum Gasteiger partial charge on any atom is 0.129 e. The fourth-order valence-corrected chi connectivity index (χ4v) is 2.92. The monoisotopic (exact) mass is 296 g/mol. The van der Waals surface area contributed by atoms with Crippen molar-refractivity contribution in [1.82, 2.24) is 10.3 Å². The van der Waals surface area contributed by atoms with E-state index < -0.39 is 11.6 Å². The summed E-state index contributed by atoms with van der Waals surface area (Å²) >= 11 is 1.56. The summed E-state index contributed by atoms with van der Waals surface area (Å²) in [7, 11) is 0. The fraction of sp³-hybridized carbons (Fsp3) is 0.400. The molecule has 0 amide bonds. The largest absolute Gasteiger partial charge is 0.309 e. The highest BCUT2D eigenvalue weighted by atomic mass is 32.1. The van der Waals surface area contributed by atoms with E-state index >= 15 is 0 Å². The molecule has 0 radical (unpaired) electrons. The molecule has 0 saturated heterocycles. The highest BCUT2D eigenvalue weighted by Gasteiger charge is 2.18. The Morgan fingerprint density at radius 1 is 1.30 bits per heavy atom. The predicted octanol–water partition coefficient (Wildman–Crippen LogP) is 4.01. The van der Waals surface area contributed by atoms with Crippen molar-refractivity contribution >= 4 is 11.3 Å². The number of hydrogen-bond donors (Lipinski definition) is 1. The SMILES string of the molecule is CCCNC(Cc1c(F)cccc1F)c1cnc(C)s1. The van der Waals surface area contributed by atoms with Crippen molar-refractivity contribution in [2.24, 2.45) is 0 Å². The van der Waals surface area contributed by atoms with Crippen LogP contribution < -0.4 is 5.32 Å². The molecule has 0 aliphatic carbocycles. The average molecular weight is 296 g/mol. The van der Waals surface area contributed by atoms with Crippen LogP contribution in [0.2, 0.25) is 0 Å². The van der Waals surface area contributed by atoms with Crippen LogP contribution in [-0.2, 0) is 6.42 Å². The molecule has 1 N–H and O–H groups in total. The van der Waals surface area contributed by atoms with Crippen molar-refractivity contribution in [3.8, 4) is 0 Å². The second kappa shape index (κ2) is 6.90. The van der Waals surface area contributed by atoms with Crippen LogP contribution in [0.25, 0.3) is 0 Å². The normalized spacial score (nSPS) is 12.6. The van der Waals surface area contributed by atoms with Gasteiger partial charge in [-0.05, 0) is 38.4 Å². The number of aromatic nitrogens is 1. The van der Waals surface area contributed by atoms with Crippen molar-refractivity contribution in [1.29, 1.82) is 0 Å². The molecular weight excluding hydrogens is 278 g/mol. The highest BCUT2D eigenvalue weighted by molar-refractivity contribution is 7.11. The van der Waals surface area contributed by atoms with Gasteiger partial charge in [-0.2, -0.15) is 0 Å². The molecule has 0 bridgehead atoms. The highest BCUT2D eigenvalue weighted by Crippen LogP contribution is 2.26. The van der Waals surface area contributed by atoms with Gasteiger partial charge < -0.3 is 5.32 Å². The topological polar surface area (TPSA) is 24.9 Å². The van der Waals surface area contributed by atoms with Gasteiger partial charge in [-0.1, -0.05) is 13.0 Å². The molecule has 108 valence electrons. The first-order chi connectivity index (χ1) is 9.61. The lowest BCUT2D eigenvalue weighted by Crippen LogP contribution is -2.24. The Morgan fingerprint density at radius 2 is 2.00 bits per heavy atom. The number of rotatable bonds is 6. The number of nitrogens with one attached hydrogen (secondary N) is 1. The Labute approximate surface area is 121 Å². The third-order valence-electron chi connectivity index (χ3n) is 3.09. The lowest BCUT2D eigenvalue weighted by atomic mass is 10.0. The maximum absolute atomic E-state index is 13.8. The van der Waals surface area contributed by atoms with E-state index in [2.05, 4.69) is 17.2 Å². The average Bonchev–Trinajstić information content (AvgIpc) is 2.84. The zero-order valence-electron chi connectivity index (χ0n) is 11.6. The van der Waals surface area contributed by atoms with Gasteiger partial charge in [-0.3, -0.25) is 0 Å². The molecule has 0 aliphatic heterocycles. The quantitative estimate of drug-likeness (QED) is 0.871. The Balaban J connectivity index is 2.23. The molecule has 0 fully saturated rings. The van der Waals surface area contributed by atoms with Crippen molar-refractivity contribution < 1.29 is 8.78 Å². The molecule has 5 heteroatoms. The van der Waals surface area contributed by atoms with Gasteiger partial charge in [0.25, 0.3) is 0 Å². The number of halogens is 2. The summed E-state index contributed by atoms with van der Waals surface area (Å²) in [5.41, 5.74) is 0.132. The first-order valence-electron chi connectivity index (χ1n) is 6.70. The molecule has 0 saturated carbocycles. The molecular formula is C15H18F2N2S. The summed E-state index contributed by atoms with van der Waals surface area (Å²) in [5.74, 6) is -0.982. The number of aryl methyl sites for hydroxylation is 1. The predicted molar refractivity (Wildman–Crippen MR) is 77.9 cm³/mol. The zero-order chi connectivity index (χ0) is 14.5. The zero-order valence-corrected chi connectivity index (χ0v) is 12.4. The Kier molecular flexibility index (Phi) is 5.20. The minimum absolute atomic E-state index is 0.104. The second-order valence-electron chi connectivity index (χ2n) is 4.69. The third kappa shape index (κ3) is 3.61. The van der Waals surface area contributed by atoms with Gasteiger partial charge >= 0.3 is 0 Å². The van der Waals surface area contributed by atoms with Crippen LogP contribution in [0.4, 0.5) is 8.78 Å². The van der Waals surface area contributed by atoms with Crippen LogP contribution in [0.15, 0.2) is 24.4 Å². The van der Waals surface area contributed by atoms with E-state index in [9.17, 15) is 8.78 Å². The van der Waals surface area contributed by atoms with Gasteiger partial charge in [0.1, 0.15) is 11.6 Å². The lowest BCUT2D eigenvalue weighted by molar-refractivity contribution is 0.494. The van der Waals surface area contributed by atoms with Crippen molar-refractivity contribution in [2.45, 2.75) is 32.7 Å². The minimum Gasteiger partial charge on any atom is -0.309 e. The van der Waals surface area contributed by atoms with Crippen LogP contribution in [0.5, 0.6) is 0 Å². The summed E-state index contributed by atoms with van der Waals surface area (Å²) in [4.78, 5) is 5.24. The fourth-order valence-electron chi connectivity index (χ4n) is 2.06. The van der Waals surface area contributed by atoms with Gasteiger partial charge in [0.2, 0.25) is 0 Å². The summed E-state index contributed by atoms with van der Waals surface area (Å²) in [6.45, 7) is 4.79. The molecule has 2 rings (SSSR count). The lowest BCUT2D eigenvalue weighted by Gasteiger charge is -2.17. The summed E-state index contributed by atoms with van der Waals surface area (Å²) < 4.78 is 27.5. The van der Waals surface area contributed by atoms with E-state index in [0.717, 1.165) is 22.9 Å². The first kappa shape index (κ1) is 15.1. The maximum atomic E-state index is 13.8. The van der Waals surface area contributed by atoms with E-state index in [1.807, 2.05) is 6.92 Å². The van der Waals surface area contributed by atoms with E-state index in [4.69, 9.17) is 0 Å². The second-order valence-corrected chi connectivity index (χ2v) is 5.96. The summed E-state index contributed by atoms with van der Waals surface area (Å²) in [5, 5.41) is 4.29. The molecule has 1 aromatic carbocycles. The smallest absolute Gasteiger partial charge is 0.129 e. The molecule has 20 heavy (non-hydrogen) atoms. The summed E-state index contributed by atoms with van der Waals surface area (Å²) in [6, 6.07) is 3.88. The number of hydrogen-bond acceptors (Lipinski definition) is 3. The van der Waals surface area contributed by atoms with Gasteiger partial charge in [0.15, 0.2) is 0 Å². The van der Waals surface area contributed by atoms with Gasteiger partial charge in [0, 0.05) is 22.7 Å². The third-order valence-corrected chi connectivity index (χ3v) is 4.12. The van der Waals surface area contributed by atoms with Crippen molar-refractivity contribution in [3.63, 3.8) is 0 Å². The molecule has 1 heterocycles. The Hall–Kier alpha value is -1.33. The van der Waals surface area contributed by atoms with Gasteiger partial charge in [-0.15, -0.1) is 11.3 Å². The van der Waals surface area contributed by atoms with E-state index in [1.54, 1.807) is 17.5 Å². The van der Waals surface area contributed by atoms with E-state index in [-0.39, 0.29) is 11.6 Å². The van der Waals surface area contributed by atoms with Crippen molar-refractivity contribution in [2.75, 3.05) is 6.54 Å². The number of benzene rings is 1. The van der Waals surface area contributed by atoms with E-state index in [0.29, 0.717) is 6.42 Å². The van der Waals surface area contributed by atoms with Crippen LogP contribution in [0.3, 0.4) is 0 Å². The minimum atomic E-state index is -0.491. The Morgan fingerprint density at radius 3 is 2.55 bits per heavy atom. The molecule has 1 aromatic heterocycles. The van der Waals surface area contributed by atoms with Crippen LogP contribution >= 0.6 is 11.3 Å².